The molecule has 0 atom stereocenters. The number of carbonyl (C=O) groups excluding carboxylic acids is 4. The molecule has 0 aromatic carbocycles. The van der Waals surface area contributed by atoms with E-state index < -0.39 is 44.4 Å². The third kappa shape index (κ3) is 9.33. The van der Waals surface area contributed by atoms with Gasteiger partial charge in [-0.25, -0.2) is 0 Å². The van der Waals surface area contributed by atoms with Crippen molar-refractivity contribution in [3.63, 3.8) is 0 Å². The van der Waals surface area contributed by atoms with Crippen molar-refractivity contribution in [2.75, 3.05) is 52.4 Å². The van der Waals surface area contributed by atoms with Crippen molar-refractivity contribution in [3.05, 3.63) is 0 Å². The molecule has 0 bridgehead atoms. The molecule has 0 spiro atoms. The van der Waals surface area contributed by atoms with Crippen molar-refractivity contribution in [2.45, 2.75) is 55.4 Å². The molecule has 0 fully saturated rings. The van der Waals surface area contributed by atoms with Crippen LogP contribution in [0, 0.1) is 0 Å². The van der Waals surface area contributed by atoms with Crippen molar-refractivity contribution in [3.8, 4) is 0 Å². The number of hydrogen-bond donors (Lipinski definition) is 0. The Morgan fingerprint density at radius 2 is 0.576 bits per heavy atom. The second-order valence-corrected chi connectivity index (χ2v) is 11.8. The van der Waals surface area contributed by atoms with Crippen LogP contribution in [-0.4, -0.2) is 116 Å². The van der Waals surface area contributed by atoms with Crippen LogP contribution in [0.4, 0.5) is 19.2 Å². The summed E-state index contributed by atoms with van der Waals surface area (Å²) < 4.78 is 22.0. The van der Waals surface area contributed by atoms with Gasteiger partial charge in [-0.1, -0.05) is 0 Å². The first-order valence-electron chi connectivity index (χ1n) is 11.5. The molecule has 0 saturated carbocycles. The van der Waals surface area contributed by atoms with Crippen LogP contribution in [0.3, 0.4) is 0 Å². The predicted molar refractivity (Wildman–Crippen MR) is 123 cm³/mol. The molecule has 0 aliphatic carbocycles. The van der Waals surface area contributed by atoms with Crippen LogP contribution in [-0.2, 0) is 12.3 Å². The van der Waals surface area contributed by atoms with E-state index in [4.69, 9.17) is 12.3 Å². The van der Waals surface area contributed by atoms with Crippen molar-refractivity contribution in [1.29, 1.82) is 0 Å². The average Bonchev–Trinajstić information content (AvgIpc) is 2.76. The molecule has 0 aliphatic heterocycles. The van der Waals surface area contributed by atoms with Crippen molar-refractivity contribution >= 4 is 44.4 Å². The standard InChI is InChI=1S/4C5H11NO2.Sn/c4*1-3-6(4-2)5(7)8;/h4*3-4H2,1-2H3,(H,7,8);/q;;;;+4/p-4. The Morgan fingerprint density at radius 3 is 0.697 bits per heavy atom. The minimum atomic E-state index is -5.99. The van der Waals surface area contributed by atoms with Crippen LogP contribution >= 0.6 is 0 Å². The monoisotopic (exact) mass is 584 g/mol. The Bertz CT molecular complexity index is 526. The van der Waals surface area contributed by atoms with E-state index in [1.54, 1.807) is 55.4 Å². The zero-order valence-corrected chi connectivity index (χ0v) is 24.1. The summed E-state index contributed by atoms with van der Waals surface area (Å²) in [4.78, 5) is 56.5. The molecule has 33 heavy (non-hydrogen) atoms. The van der Waals surface area contributed by atoms with E-state index in [1.807, 2.05) is 0 Å². The second-order valence-electron chi connectivity index (χ2n) is 6.66. The first-order chi connectivity index (χ1) is 15.6. The summed E-state index contributed by atoms with van der Waals surface area (Å²) >= 11 is -5.99. The Morgan fingerprint density at radius 1 is 0.424 bits per heavy atom. The molecular formula is C20H40N4O8Sn. The van der Waals surface area contributed by atoms with Crippen molar-refractivity contribution in [1.82, 2.24) is 19.6 Å². The van der Waals surface area contributed by atoms with Crippen LogP contribution in [0.5, 0.6) is 0 Å². The summed E-state index contributed by atoms with van der Waals surface area (Å²) in [6, 6.07) is 0. The Balaban J connectivity index is 6.44. The molecule has 0 rings (SSSR count). The SMILES string of the molecule is CCN(CC)C(=O)[O][Sn]([O]C(=O)N(CC)CC)([O]C(=O)N(CC)CC)[O]C(=O)N(CC)CC. The normalized spacial score (nSPS) is 10.7. The molecule has 0 aliphatic rings. The molecule has 0 saturated heterocycles. The summed E-state index contributed by atoms with van der Waals surface area (Å²) in [5.74, 6) is 0. The van der Waals surface area contributed by atoms with Crippen LogP contribution < -0.4 is 0 Å². The van der Waals surface area contributed by atoms with Gasteiger partial charge in [-0.15, -0.1) is 0 Å². The van der Waals surface area contributed by atoms with Crippen molar-refractivity contribution in [2.24, 2.45) is 0 Å². The second kappa shape index (κ2) is 15.7. The molecule has 0 radical (unpaired) electrons. The molecule has 0 aromatic heterocycles. The molecule has 0 heterocycles. The minimum absolute atomic E-state index is 0.287. The molecule has 0 aromatic rings. The molecule has 4 amide bonds. The molecular weight excluding hydrogens is 543 g/mol. The third-order valence-electron chi connectivity index (χ3n) is 4.94. The number of amides is 4. The van der Waals surface area contributed by atoms with Gasteiger partial charge in [0.25, 0.3) is 0 Å². The topological polar surface area (TPSA) is 118 Å². The summed E-state index contributed by atoms with van der Waals surface area (Å²) in [7, 11) is 0. The number of hydrogen-bond acceptors (Lipinski definition) is 8. The molecule has 13 heteroatoms. The van der Waals surface area contributed by atoms with E-state index in [1.165, 1.54) is 19.6 Å². The van der Waals surface area contributed by atoms with Crippen molar-refractivity contribution < 1.29 is 31.5 Å². The van der Waals surface area contributed by atoms with Gasteiger partial charge in [0.05, 0.1) is 0 Å². The van der Waals surface area contributed by atoms with E-state index in [9.17, 15) is 19.2 Å². The molecule has 192 valence electrons. The molecule has 0 N–H and O–H groups in total. The Hall–Kier alpha value is -2.12. The van der Waals surface area contributed by atoms with Gasteiger partial charge in [0.2, 0.25) is 0 Å². The van der Waals surface area contributed by atoms with E-state index >= 15 is 0 Å². The van der Waals surface area contributed by atoms with E-state index in [0.29, 0.717) is 0 Å². The maximum atomic E-state index is 12.8. The third-order valence-corrected chi connectivity index (χ3v) is 9.78. The summed E-state index contributed by atoms with van der Waals surface area (Å²) in [5, 5.41) is 0. The van der Waals surface area contributed by atoms with E-state index in [0.717, 1.165) is 0 Å². The van der Waals surface area contributed by atoms with Gasteiger partial charge >= 0.3 is 203 Å². The number of rotatable bonds is 12. The summed E-state index contributed by atoms with van der Waals surface area (Å²) in [5.41, 5.74) is 0. The van der Waals surface area contributed by atoms with Gasteiger partial charge in [0.15, 0.2) is 0 Å². The maximum absolute atomic E-state index is 12.8. The Labute approximate surface area is 203 Å². The average molecular weight is 583 g/mol. The van der Waals surface area contributed by atoms with Gasteiger partial charge in [0, 0.05) is 0 Å². The van der Waals surface area contributed by atoms with Gasteiger partial charge in [-0.2, -0.15) is 0 Å². The van der Waals surface area contributed by atoms with E-state index in [2.05, 4.69) is 0 Å². The van der Waals surface area contributed by atoms with Crippen LogP contribution in [0.15, 0.2) is 0 Å². The summed E-state index contributed by atoms with van der Waals surface area (Å²) in [6.45, 7) is 16.1. The fourth-order valence-electron chi connectivity index (χ4n) is 2.74. The zero-order valence-electron chi connectivity index (χ0n) is 21.2. The van der Waals surface area contributed by atoms with Gasteiger partial charge in [-0.3, -0.25) is 0 Å². The zero-order chi connectivity index (χ0) is 25.6. The van der Waals surface area contributed by atoms with Gasteiger partial charge in [-0.05, 0) is 0 Å². The van der Waals surface area contributed by atoms with Gasteiger partial charge in [0.1, 0.15) is 0 Å². The molecule has 12 nitrogen and oxygen atoms in total. The Kier molecular flexibility index (Phi) is 14.7. The van der Waals surface area contributed by atoms with Crippen LogP contribution in [0.25, 0.3) is 0 Å². The fourth-order valence-corrected chi connectivity index (χ4v) is 7.37. The van der Waals surface area contributed by atoms with Crippen LogP contribution in [0.2, 0.25) is 0 Å². The van der Waals surface area contributed by atoms with Crippen LogP contribution in [0.1, 0.15) is 55.4 Å². The first kappa shape index (κ1) is 30.9. The predicted octanol–water partition coefficient (Wildman–Crippen LogP) is 3.34. The first-order valence-corrected chi connectivity index (χ1v) is 16.2. The fraction of sp³-hybridized carbons (Fsp3) is 0.800. The van der Waals surface area contributed by atoms with Gasteiger partial charge < -0.3 is 0 Å². The summed E-state index contributed by atoms with van der Waals surface area (Å²) in [6.07, 6.45) is -3.60. The quantitative estimate of drug-likeness (QED) is 0.321. The number of nitrogens with zero attached hydrogens (tertiary/aromatic N) is 4. The molecule has 0 unspecified atom stereocenters. The number of carbonyl (C=O) groups is 4. The van der Waals surface area contributed by atoms with E-state index in [-0.39, 0.29) is 52.4 Å².